The van der Waals surface area contributed by atoms with Gasteiger partial charge in [0.25, 0.3) is 0 Å². The van der Waals surface area contributed by atoms with Crippen molar-refractivity contribution >= 4 is 21.6 Å². The second kappa shape index (κ2) is 6.44. The van der Waals surface area contributed by atoms with Crippen LogP contribution in [0.5, 0.6) is 0 Å². The molecule has 0 spiro atoms. The Morgan fingerprint density at radius 3 is 2.07 bits per heavy atom. The van der Waals surface area contributed by atoms with E-state index in [1.54, 1.807) is 48.5 Å². The van der Waals surface area contributed by atoms with E-state index in [0.717, 1.165) is 12.1 Å². The van der Waals surface area contributed by atoms with Gasteiger partial charge in [-0.05, 0) is 36.4 Å². The molecule has 0 saturated heterocycles. The Kier molecular flexibility index (Phi) is 4.20. The van der Waals surface area contributed by atoms with Crippen molar-refractivity contribution in [3.8, 4) is 0 Å². The average Bonchev–Trinajstić information content (AvgIpc) is 2.68. The Morgan fingerprint density at radius 2 is 1.41 bits per heavy atom. The molecule has 0 aromatic heterocycles. The predicted molar refractivity (Wildman–Crippen MR) is 97.6 cm³/mol. The third-order valence-electron chi connectivity index (χ3n) is 4.14. The van der Waals surface area contributed by atoms with Gasteiger partial charge in [-0.25, -0.2) is 4.99 Å². The molecule has 1 atom stereocenters. The molecule has 3 aromatic carbocycles. The topological polar surface area (TPSA) is 47.8 Å². The van der Waals surface area contributed by atoms with Crippen molar-refractivity contribution < 1.29 is 17.7 Å². The van der Waals surface area contributed by atoms with Crippen molar-refractivity contribution in [2.75, 3.05) is 0 Å². The number of para-hydroxylation sites is 1. The maximum absolute atomic E-state index is 13.8. The highest BCUT2D eigenvalue weighted by molar-refractivity contribution is 8.00. The summed E-state index contributed by atoms with van der Waals surface area (Å²) in [5, 5.41) is 0. The number of fused-ring (bicyclic) bond motifs is 1. The summed E-state index contributed by atoms with van der Waals surface area (Å²) in [7, 11) is -2.99. The SMILES string of the molecule is [O-][S+]1(c2ccccc2)=NC(c2ccc(C(F)(F)F)cc2)=Nc2ccccc21. The first-order chi connectivity index (χ1) is 12.9. The van der Waals surface area contributed by atoms with Crippen molar-refractivity contribution in [3.63, 3.8) is 0 Å². The third-order valence-corrected chi connectivity index (χ3v) is 6.42. The summed E-state index contributed by atoms with van der Waals surface area (Å²) in [6, 6.07) is 20.3. The molecule has 0 fully saturated rings. The first kappa shape index (κ1) is 17.6. The summed E-state index contributed by atoms with van der Waals surface area (Å²) < 4.78 is 56.6. The van der Waals surface area contributed by atoms with E-state index in [1.165, 1.54) is 12.1 Å². The fraction of sp³-hybridized carbons (Fsp3) is 0.0500. The highest BCUT2D eigenvalue weighted by atomic mass is 32.3. The number of hydrogen-bond donors (Lipinski definition) is 0. The largest absolute Gasteiger partial charge is 0.621 e. The van der Waals surface area contributed by atoms with Crippen LogP contribution in [0, 0.1) is 0 Å². The number of halogens is 3. The van der Waals surface area contributed by atoms with Gasteiger partial charge < -0.3 is 4.55 Å². The zero-order valence-corrected chi connectivity index (χ0v) is 14.7. The van der Waals surface area contributed by atoms with Crippen LogP contribution in [0.25, 0.3) is 0 Å². The lowest BCUT2D eigenvalue weighted by atomic mass is 10.1. The number of nitrogens with zero attached hydrogens (tertiary/aromatic N) is 2. The molecular formula is C20H13F3N2OS. The highest BCUT2D eigenvalue weighted by Crippen LogP contribution is 2.39. The minimum atomic E-state index is -4.42. The molecule has 136 valence electrons. The lowest BCUT2D eigenvalue weighted by molar-refractivity contribution is -0.137. The van der Waals surface area contributed by atoms with Gasteiger partial charge in [-0.1, -0.05) is 46.8 Å². The number of rotatable bonds is 2. The summed E-state index contributed by atoms with van der Waals surface area (Å²) >= 11 is 0. The number of alkyl halides is 3. The molecule has 0 saturated carbocycles. The molecule has 27 heavy (non-hydrogen) atoms. The van der Waals surface area contributed by atoms with Crippen LogP contribution in [0.1, 0.15) is 11.1 Å². The minimum Gasteiger partial charge on any atom is -0.621 e. The third kappa shape index (κ3) is 3.20. The molecule has 0 radical (unpaired) electrons. The van der Waals surface area contributed by atoms with Gasteiger partial charge in [-0.3, -0.25) is 0 Å². The van der Waals surface area contributed by atoms with Gasteiger partial charge in [0, 0.05) is 15.7 Å². The number of hydrogen-bond acceptors (Lipinski definition) is 3. The molecule has 3 aromatic rings. The van der Waals surface area contributed by atoms with Crippen LogP contribution in [0.3, 0.4) is 0 Å². The second-order valence-corrected chi connectivity index (χ2v) is 8.05. The summed E-state index contributed by atoms with van der Waals surface area (Å²) in [6.07, 6.45) is -4.42. The number of aliphatic imine (C=N–C) groups is 1. The molecule has 4 rings (SSSR count). The average molecular weight is 386 g/mol. The summed E-state index contributed by atoms with van der Waals surface area (Å²) in [5.74, 6) is 0.149. The van der Waals surface area contributed by atoms with Gasteiger partial charge in [0.1, 0.15) is 10.6 Å². The molecule has 1 aliphatic heterocycles. The smallest absolute Gasteiger partial charge is 0.416 e. The molecule has 0 aliphatic carbocycles. The molecule has 1 aliphatic rings. The van der Waals surface area contributed by atoms with Gasteiger partial charge >= 0.3 is 6.18 Å². The van der Waals surface area contributed by atoms with Crippen molar-refractivity contribution in [2.45, 2.75) is 16.0 Å². The Bertz CT molecular complexity index is 1070. The van der Waals surface area contributed by atoms with Crippen LogP contribution in [-0.4, -0.2) is 10.4 Å². The monoisotopic (exact) mass is 386 g/mol. The normalized spacial score (nSPS) is 19.0. The zero-order chi connectivity index (χ0) is 19.1. The van der Waals surface area contributed by atoms with Crippen LogP contribution in [0.2, 0.25) is 0 Å². The molecule has 0 N–H and O–H groups in total. The number of amidine groups is 1. The first-order valence-corrected chi connectivity index (χ1v) is 9.57. The summed E-state index contributed by atoms with van der Waals surface area (Å²) in [4.78, 5) is 5.44. The first-order valence-electron chi connectivity index (χ1n) is 8.05. The summed E-state index contributed by atoms with van der Waals surface area (Å²) in [6.45, 7) is 0. The van der Waals surface area contributed by atoms with Crippen LogP contribution < -0.4 is 0 Å². The van der Waals surface area contributed by atoms with Crippen molar-refractivity contribution in [3.05, 3.63) is 90.0 Å². The molecule has 3 nitrogen and oxygen atoms in total. The second-order valence-electron chi connectivity index (χ2n) is 5.91. The number of benzene rings is 3. The fourth-order valence-electron chi connectivity index (χ4n) is 2.80. The van der Waals surface area contributed by atoms with Gasteiger partial charge in [0.05, 0.1) is 5.56 Å². The van der Waals surface area contributed by atoms with Gasteiger partial charge in [0.15, 0.2) is 4.90 Å². The van der Waals surface area contributed by atoms with Crippen LogP contribution in [0.15, 0.2) is 98.0 Å². The molecule has 1 unspecified atom stereocenters. The zero-order valence-electron chi connectivity index (χ0n) is 13.9. The quantitative estimate of drug-likeness (QED) is 0.523. The molecular weight excluding hydrogens is 373 g/mol. The van der Waals surface area contributed by atoms with E-state index in [0.29, 0.717) is 21.0 Å². The van der Waals surface area contributed by atoms with Gasteiger partial charge in [-0.2, -0.15) is 13.2 Å². The van der Waals surface area contributed by atoms with Crippen molar-refractivity contribution in [1.82, 2.24) is 0 Å². The van der Waals surface area contributed by atoms with Gasteiger partial charge in [-0.15, -0.1) is 0 Å². The van der Waals surface area contributed by atoms with Crippen LogP contribution >= 0.6 is 0 Å². The molecule has 7 heteroatoms. The van der Waals surface area contributed by atoms with Crippen LogP contribution in [0.4, 0.5) is 18.9 Å². The molecule has 0 bridgehead atoms. The fourth-order valence-corrected chi connectivity index (χ4v) is 4.83. The minimum absolute atomic E-state index is 0.149. The van der Waals surface area contributed by atoms with Gasteiger partial charge in [0.2, 0.25) is 5.84 Å². The maximum atomic E-state index is 13.8. The van der Waals surface area contributed by atoms with E-state index in [2.05, 4.69) is 9.36 Å². The van der Waals surface area contributed by atoms with Crippen molar-refractivity contribution in [1.29, 1.82) is 0 Å². The lowest BCUT2D eigenvalue weighted by Gasteiger charge is -2.26. The molecule has 0 amide bonds. The Morgan fingerprint density at radius 1 is 0.778 bits per heavy atom. The standard InChI is InChI=1S/C20H13F3N2OS/c21-20(22,23)15-12-10-14(11-13-15)19-24-17-8-4-5-9-18(17)27(26,25-19)16-6-2-1-3-7-16/h1-13H. The molecule has 1 heterocycles. The Hall–Kier alpha value is -2.77. The Balaban J connectivity index is 1.89. The van der Waals surface area contributed by atoms with E-state index in [9.17, 15) is 17.7 Å². The summed E-state index contributed by atoms with van der Waals surface area (Å²) in [5.41, 5.74) is 0.115. The Labute approximate surface area is 155 Å². The predicted octanol–water partition coefficient (Wildman–Crippen LogP) is 5.68. The van der Waals surface area contributed by atoms with E-state index in [-0.39, 0.29) is 5.84 Å². The van der Waals surface area contributed by atoms with Crippen molar-refractivity contribution in [2.24, 2.45) is 9.36 Å². The maximum Gasteiger partial charge on any atom is 0.416 e. The van der Waals surface area contributed by atoms with E-state index in [4.69, 9.17) is 0 Å². The lowest BCUT2D eigenvalue weighted by Crippen LogP contribution is -2.18. The van der Waals surface area contributed by atoms with Crippen LogP contribution in [-0.2, 0) is 16.3 Å². The highest BCUT2D eigenvalue weighted by Gasteiger charge is 2.32. The van der Waals surface area contributed by atoms with E-state index < -0.39 is 21.8 Å². The van der Waals surface area contributed by atoms with E-state index >= 15 is 0 Å². The van der Waals surface area contributed by atoms with E-state index in [1.807, 2.05) is 6.07 Å².